The van der Waals surface area contributed by atoms with E-state index in [0.717, 1.165) is 106 Å². The van der Waals surface area contributed by atoms with Crippen molar-refractivity contribution in [3.8, 4) is 50.9 Å². The molecule has 0 saturated carbocycles. The van der Waals surface area contributed by atoms with Gasteiger partial charge in [0.1, 0.15) is 5.82 Å². The summed E-state index contributed by atoms with van der Waals surface area (Å²) >= 11 is 0. The van der Waals surface area contributed by atoms with Crippen LogP contribution in [0.25, 0.3) is 105 Å². The van der Waals surface area contributed by atoms with Crippen LogP contribution in [0.1, 0.15) is 5.56 Å². The van der Waals surface area contributed by atoms with Crippen molar-refractivity contribution >= 4 is 82.5 Å². The molecule has 76 heavy (non-hydrogen) atoms. The van der Waals surface area contributed by atoms with Crippen LogP contribution in [0.3, 0.4) is 0 Å². The Kier molecular flexibility index (Phi) is 10.8. The number of hydrogen-bond acceptors (Lipinski definition) is 4. The average Bonchev–Trinajstić information content (AvgIpc) is 4.33. The standard InChI is InChI=1S/C68H45N6O.Pt/c1-44-38-66(69-42-55(44)68-63(72-56-29-11-6-24-49(56)50-25-7-12-30-57(50)72)36-19-37-64(68)73-58-31-13-8-26-51(58)52-27-9-14-32-59(52)73)74-60-33-15-10-28-53(60)67-54(45-20-4-3-5-21-45)40-48(41-65(67)74)75-47-23-18-22-46(39-47)71-43-70(2)61-34-16-17-35-62(61)71;/h3-38,40,42-43H,1-2H3;/q-3;. The predicted molar refractivity (Wildman–Crippen MR) is 308 cm³/mol. The molecule has 15 rings (SSSR count). The zero-order valence-corrected chi connectivity index (χ0v) is 43.7. The number of benzene rings is 10. The molecule has 0 bridgehead atoms. The fourth-order valence-corrected chi connectivity index (χ4v) is 11.8. The van der Waals surface area contributed by atoms with Crippen LogP contribution >= 0.6 is 0 Å². The van der Waals surface area contributed by atoms with Gasteiger partial charge in [0.25, 0.3) is 0 Å². The smallest absolute Gasteiger partial charge is 0.135 e. The monoisotopic (exact) mass is 1160 g/mol. The van der Waals surface area contributed by atoms with Crippen LogP contribution in [0.15, 0.2) is 231 Å². The molecule has 4 aromatic heterocycles. The van der Waals surface area contributed by atoms with E-state index in [0.29, 0.717) is 11.5 Å². The topological polar surface area (TPSA) is 43.4 Å². The SMILES string of the molecule is Cc1cc(-n2c3[c-]c(Oc4[c-]c(N5[CH-]N(C)c6ccccc65)ccc4)cc(-c4ccccc4)c3c3ccccc32)ncc1-c1c(-n2c3ccccc3c3ccccc32)cccc1-n1c2ccccc2c2ccccc21.[Pt]. The Morgan fingerprint density at radius 1 is 0.447 bits per heavy atom. The molecule has 7 nitrogen and oxygen atoms in total. The summed E-state index contributed by atoms with van der Waals surface area (Å²) < 4.78 is 14.0. The molecule has 0 spiro atoms. The molecular formula is C68H45N6OPt-3. The summed E-state index contributed by atoms with van der Waals surface area (Å²) in [6.45, 7) is 4.30. The third kappa shape index (κ3) is 7.03. The normalized spacial score (nSPS) is 12.4. The van der Waals surface area contributed by atoms with Crippen LogP contribution in [0, 0.1) is 25.7 Å². The van der Waals surface area contributed by atoms with E-state index in [1.54, 1.807) is 0 Å². The minimum absolute atomic E-state index is 0. The molecule has 1 aliphatic rings. The minimum atomic E-state index is 0. The van der Waals surface area contributed by atoms with Gasteiger partial charge < -0.3 is 28.2 Å². The summed E-state index contributed by atoms with van der Waals surface area (Å²) in [4.78, 5) is 9.79. The van der Waals surface area contributed by atoms with Crippen molar-refractivity contribution in [1.29, 1.82) is 0 Å². The van der Waals surface area contributed by atoms with Gasteiger partial charge in [-0.05, 0) is 91.1 Å². The van der Waals surface area contributed by atoms with Crippen molar-refractivity contribution in [3.63, 3.8) is 0 Å². The molecule has 0 atom stereocenters. The molecule has 0 saturated heterocycles. The number of ether oxygens (including phenoxy) is 1. The van der Waals surface area contributed by atoms with Crippen molar-refractivity contribution in [1.82, 2.24) is 18.7 Å². The van der Waals surface area contributed by atoms with Crippen LogP contribution in [-0.4, -0.2) is 25.7 Å². The first-order chi connectivity index (χ1) is 37.1. The quantitative estimate of drug-likeness (QED) is 0.142. The fraction of sp³-hybridized carbons (Fsp3) is 0.0294. The first-order valence-electron chi connectivity index (χ1n) is 25.3. The second-order valence-corrected chi connectivity index (χ2v) is 19.3. The van der Waals surface area contributed by atoms with E-state index in [2.05, 4.69) is 275 Å². The van der Waals surface area contributed by atoms with E-state index in [9.17, 15) is 0 Å². The van der Waals surface area contributed by atoms with Crippen molar-refractivity contribution in [3.05, 3.63) is 255 Å². The number of para-hydroxylation sites is 7. The maximum Gasteiger partial charge on any atom is 0.135 e. The van der Waals surface area contributed by atoms with E-state index < -0.39 is 0 Å². The van der Waals surface area contributed by atoms with Gasteiger partial charge in [0, 0.05) is 88.3 Å². The Labute approximate surface area is 454 Å². The molecule has 14 aromatic rings. The fourth-order valence-electron chi connectivity index (χ4n) is 11.8. The van der Waals surface area contributed by atoms with Crippen molar-refractivity contribution in [2.24, 2.45) is 0 Å². The molecule has 10 aromatic carbocycles. The molecule has 0 aliphatic carbocycles. The number of pyridine rings is 1. The molecule has 0 unspecified atom stereocenters. The van der Waals surface area contributed by atoms with Gasteiger partial charge in [-0.1, -0.05) is 150 Å². The van der Waals surface area contributed by atoms with Gasteiger partial charge in [0.15, 0.2) is 0 Å². The van der Waals surface area contributed by atoms with Crippen molar-refractivity contribution < 1.29 is 25.8 Å². The van der Waals surface area contributed by atoms with Crippen LogP contribution in [0.2, 0.25) is 0 Å². The molecule has 1 aliphatic heterocycles. The number of anilines is 3. The number of fused-ring (bicyclic) bond motifs is 10. The zero-order valence-electron chi connectivity index (χ0n) is 41.4. The molecule has 0 fully saturated rings. The van der Waals surface area contributed by atoms with E-state index in [4.69, 9.17) is 9.72 Å². The van der Waals surface area contributed by atoms with Gasteiger partial charge in [-0.25, -0.2) is 4.98 Å². The first kappa shape index (κ1) is 45.5. The summed E-state index contributed by atoms with van der Waals surface area (Å²) in [6, 6.07) is 87.0. The van der Waals surface area contributed by atoms with Crippen LogP contribution < -0.4 is 14.5 Å². The minimum Gasteiger partial charge on any atom is -0.509 e. The zero-order chi connectivity index (χ0) is 49.7. The summed E-state index contributed by atoms with van der Waals surface area (Å²) in [5, 5.41) is 7.01. The number of rotatable bonds is 8. The molecule has 366 valence electrons. The second kappa shape index (κ2) is 18.0. The number of aromatic nitrogens is 4. The molecule has 0 N–H and O–H groups in total. The Hall–Kier alpha value is -9.16. The molecule has 0 radical (unpaired) electrons. The van der Waals surface area contributed by atoms with Crippen LogP contribution in [0.5, 0.6) is 11.5 Å². The van der Waals surface area contributed by atoms with Gasteiger partial charge in [0.05, 0.1) is 33.4 Å². The number of aryl methyl sites for hydroxylation is 1. The predicted octanol–water partition coefficient (Wildman–Crippen LogP) is 17.1. The second-order valence-electron chi connectivity index (χ2n) is 19.3. The third-order valence-corrected chi connectivity index (χ3v) is 15.0. The van der Waals surface area contributed by atoms with Gasteiger partial charge in [-0.15, -0.1) is 41.6 Å². The maximum absolute atomic E-state index is 6.87. The summed E-state index contributed by atoms with van der Waals surface area (Å²) in [6.07, 6.45) is 2.08. The van der Waals surface area contributed by atoms with E-state index >= 15 is 0 Å². The van der Waals surface area contributed by atoms with Crippen molar-refractivity contribution in [2.45, 2.75) is 6.92 Å². The van der Waals surface area contributed by atoms with Crippen LogP contribution in [0.4, 0.5) is 17.1 Å². The Bertz CT molecular complexity index is 4370. The Balaban J connectivity index is 0.00000528. The summed E-state index contributed by atoms with van der Waals surface area (Å²) in [5.74, 6) is 1.94. The van der Waals surface area contributed by atoms with Gasteiger partial charge in [0.2, 0.25) is 0 Å². The third-order valence-electron chi connectivity index (χ3n) is 15.0. The largest absolute Gasteiger partial charge is 0.509 e. The summed E-state index contributed by atoms with van der Waals surface area (Å²) in [5.41, 5.74) is 17.0. The van der Waals surface area contributed by atoms with Gasteiger partial charge >= 0.3 is 0 Å². The average molecular weight is 1160 g/mol. The molecular weight excluding hydrogens is 1110 g/mol. The van der Waals surface area contributed by atoms with Gasteiger partial charge in [-0.3, -0.25) is 0 Å². The van der Waals surface area contributed by atoms with E-state index in [1.807, 2.05) is 12.1 Å². The molecule has 5 heterocycles. The van der Waals surface area contributed by atoms with Crippen molar-refractivity contribution in [2.75, 3.05) is 16.8 Å². The maximum atomic E-state index is 6.87. The Morgan fingerprint density at radius 2 is 0.947 bits per heavy atom. The number of nitrogens with zero attached hydrogens (tertiary/aromatic N) is 6. The molecule has 8 heteroatoms. The Morgan fingerprint density at radius 3 is 1.54 bits per heavy atom. The van der Waals surface area contributed by atoms with Crippen LogP contribution in [-0.2, 0) is 21.1 Å². The molecule has 0 amide bonds. The number of hydrogen-bond donors (Lipinski definition) is 0. The van der Waals surface area contributed by atoms with Gasteiger partial charge in [-0.2, -0.15) is 12.7 Å². The first-order valence-corrected chi connectivity index (χ1v) is 25.3. The summed E-state index contributed by atoms with van der Waals surface area (Å²) in [7, 11) is 2.06. The van der Waals surface area contributed by atoms with E-state index in [-0.39, 0.29) is 21.1 Å². The van der Waals surface area contributed by atoms with E-state index in [1.165, 1.54) is 21.5 Å².